The van der Waals surface area contributed by atoms with Crippen LogP contribution in [0.2, 0.25) is 0 Å². The summed E-state index contributed by atoms with van der Waals surface area (Å²) in [6.45, 7) is 19.5. The standard InChI is InChI=1S/C12H20O.C8H14O.C4H8O/c1-9(2)8-12(4)7-5-6-10(3)11(12)13;1-6-4-3-5-7(2)8(6)9;1-4(2)3-5/h10H,1,5-8H2,2-4H3;6-7H,3-5H2,1-2H3;5H,1,3H2,2H3. The van der Waals surface area contributed by atoms with Gasteiger partial charge in [0.15, 0.2) is 0 Å². The summed E-state index contributed by atoms with van der Waals surface area (Å²) in [5, 5.41) is 8.04. The molecule has 156 valence electrons. The lowest BCUT2D eigenvalue weighted by Gasteiger charge is -2.35. The molecule has 2 aliphatic rings. The Morgan fingerprint density at radius 2 is 1.41 bits per heavy atom. The van der Waals surface area contributed by atoms with Crippen molar-refractivity contribution in [1.29, 1.82) is 0 Å². The Morgan fingerprint density at radius 1 is 0.963 bits per heavy atom. The van der Waals surface area contributed by atoms with Crippen molar-refractivity contribution in [3.63, 3.8) is 0 Å². The van der Waals surface area contributed by atoms with Crippen molar-refractivity contribution >= 4 is 11.6 Å². The average Bonchev–Trinajstić information content (AvgIpc) is 2.58. The van der Waals surface area contributed by atoms with Gasteiger partial charge in [-0.2, -0.15) is 0 Å². The van der Waals surface area contributed by atoms with Crippen LogP contribution < -0.4 is 0 Å². The van der Waals surface area contributed by atoms with Crippen LogP contribution in [0.25, 0.3) is 0 Å². The van der Waals surface area contributed by atoms with Crippen LogP contribution in [0, 0.1) is 23.2 Å². The lowest BCUT2D eigenvalue weighted by Crippen LogP contribution is -2.36. The highest BCUT2D eigenvalue weighted by atomic mass is 16.3. The number of aliphatic hydroxyl groups excluding tert-OH is 1. The molecule has 0 aromatic carbocycles. The van der Waals surface area contributed by atoms with Gasteiger partial charge in [-0.1, -0.05) is 58.3 Å². The maximum absolute atomic E-state index is 11.9. The van der Waals surface area contributed by atoms with Crippen molar-refractivity contribution < 1.29 is 14.7 Å². The first-order valence-electron chi connectivity index (χ1n) is 10.4. The van der Waals surface area contributed by atoms with E-state index < -0.39 is 0 Å². The summed E-state index contributed by atoms with van der Waals surface area (Å²) >= 11 is 0. The second-order valence-electron chi connectivity index (χ2n) is 9.10. The number of carbonyl (C=O) groups excluding carboxylic acids is 2. The third-order valence-electron chi connectivity index (χ3n) is 5.62. The number of ketones is 2. The highest BCUT2D eigenvalue weighted by molar-refractivity contribution is 5.87. The quantitative estimate of drug-likeness (QED) is 0.621. The number of hydrogen-bond acceptors (Lipinski definition) is 3. The fourth-order valence-electron chi connectivity index (χ4n) is 3.99. The van der Waals surface area contributed by atoms with Gasteiger partial charge in [0, 0.05) is 23.2 Å². The Balaban J connectivity index is 0.000000419. The molecule has 2 aliphatic carbocycles. The average molecular weight is 379 g/mol. The Bertz CT molecular complexity index is 508. The summed E-state index contributed by atoms with van der Waals surface area (Å²) in [7, 11) is 0. The molecule has 3 nitrogen and oxygen atoms in total. The van der Waals surface area contributed by atoms with E-state index in [1.807, 2.05) is 20.8 Å². The third kappa shape index (κ3) is 9.51. The Kier molecular flexibility index (Phi) is 11.7. The van der Waals surface area contributed by atoms with Gasteiger partial charge in [-0.3, -0.25) is 9.59 Å². The minimum atomic E-state index is -0.108. The van der Waals surface area contributed by atoms with Crippen molar-refractivity contribution in [3.05, 3.63) is 24.3 Å². The normalized spacial score (nSPS) is 30.4. The van der Waals surface area contributed by atoms with Gasteiger partial charge in [0.1, 0.15) is 11.6 Å². The van der Waals surface area contributed by atoms with Crippen molar-refractivity contribution in [2.24, 2.45) is 23.2 Å². The molecule has 4 atom stereocenters. The van der Waals surface area contributed by atoms with E-state index in [1.54, 1.807) is 6.92 Å². The van der Waals surface area contributed by atoms with E-state index in [2.05, 4.69) is 27.0 Å². The largest absolute Gasteiger partial charge is 0.392 e. The second kappa shape index (κ2) is 12.3. The van der Waals surface area contributed by atoms with Crippen molar-refractivity contribution in [2.75, 3.05) is 6.61 Å². The van der Waals surface area contributed by atoms with Gasteiger partial charge in [0.25, 0.3) is 0 Å². The molecule has 2 saturated carbocycles. The number of carbonyl (C=O) groups is 2. The number of rotatable bonds is 3. The molecule has 0 spiro atoms. The van der Waals surface area contributed by atoms with Crippen LogP contribution >= 0.6 is 0 Å². The summed E-state index contributed by atoms with van der Waals surface area (Å²) < 4.78 is 0. The first-order chi connectivity index (χ1) is 12.4. The topological polar surface area (TPSA) is 54.4 Å². The Hall–Kier alpha value is -1.22. The molecule has 0 aromatic rings. The molecule has 1 N–H and O–H groups in total. The van der Waals surface area contributed by atoms with Crippen LogP contribution in [-0.2, 0) is 9.59 Å². The van der Waals surface area contributed by atoms with Crippen molar-refractivity contribution in [1.82, 2.24) is 0 Å². The van der Waals surface area contributed by atoms with E-state index in [0.29, 0.717) is 23.4 Å². The van der Waals surface area contributed by atoms with Gasteiger partial charge in [-0.25, -0.2) is 0 Å². The first kappa shape index (κ1) is 25.8. The van der Waals surface area contributed by atoms with Crippen LogP contribution in [0.15, 0.2) is 24.3 Å². The number of aliphatic hydroxyl groups is 1. The summed E-state index contributed by atoms with van der Waals surface area (Å²) in [6.07, 6.45) is 7.65. The highest BCUT2D eigenvalue weighted by Gasteiger charge is 2.38. The maximum Gasteiger partial charge on any atom is 0.141 e. The smallest absolute Gasteiger partial charge is 0.141 e. The molecule has 0 amide bonds. The minimum Gasteiger partial charge on any atom is -0.392 e. The number of allylic oxidation sites excluding steroid dienone is 1. The summed E-state index contributed by atoms with van der Waals surface area (Å²) in [5.41, 5.74) is 1.83. The van der Waals surface area contributed by atoms with E-state index in [-0.39, 0.29) is 17.9 Å². The molecule has 0 saturated heterocycles. The maximum atomic E-state index is 11.9. The molecule has 0 bridgehead atoms. The molecule has 2 rings (SSSR count). The van der Waals surface area contributed by atoms with Crippen LogP contribution in [0.3, 0.4) is 0 Å². The predicted octanol–water partition coefficient (Wildman–Crippen LogP) is 5.91. The molecule has 0 aliphatic heterocycles. The monoisotopic (exact) mass is 378 g/mol. The fourth-order valence-corrected chi connectivity index (χ4v) is 3.99. The van der Waals surface area contributed by atoms with Crippen LogP contribution in [0.5, 0.6) is 0 Å². The van der Waals surface area contributed by atoms with Gasteiger partial charge < -0.3 is 5.11 Å². The second-order valence-corrected chi connectivity index (χ2v) is 9.10. The van der Waals surface area contributed by atoms with E-state index in [1.165, 1.54) is 12.8 Å². The summed E-state index contributed by atoms with van der Waals surface area (Å²) in [4.78, 5) is 23.1. The highest BCUT2D eigenvalue weighted by Crippen LogP contribution is 2.40. The van der Waals surface area contributed by atoms with Gasteiger partial charge in [-0.05, 0) is 46.0 Å². The molecule has 0 heterocycles. The molecule has 27 heavy (non-hydrogen) atoms. The number of hydrogen-bond donors (Lipinski definition) is 1. The molecular formula is C24H42O3. The minimum absolute atomic E-state index is 0.108. The third-order valence-corrected chi connectivity index (χ3v) is 5.62. The summed E-state index contributed by atoms with van der Waals surface area (Å²) in [6, 6.07) is 0. The molecular weight excluding hydrogens is 336 g/mol. The molecule has 2 fully saturated rings. The predicted molar refractivity (Wildman–Crippen MR) is 115 cm³/mol. The molecule has 0 aromatic heterocycles. The van der Waals surface area contributed by atoms with Crippen LogP contribution in [0.1, 0.15) is 86.5 Å². The fraction of sp³-hybridized carbons (Fsp3) is 0.750. The van der Waals surface area contributed by atoms with Gasteiger partial charge in [-0.15, -0.1) is 6.58 Å². The van der Waals surface area contributed by atoms with E-state index >= 15 is 0 Å². The van der Waals surface area contributed by atoms with Gasteiger partial charge >= 0.3 is 0 Å². The first-order valence-corrected chi connectivity index (χ1v) is 10.4. The molecule has 4 unspecified atom stereocenters. The lowest BCUT2D eigenvalue weighted by molar-refractivity contribution is -0.134. The van der Waals surface area contributed by atoms with Crippen LogP contribution in [-0.4, -0.2) is 23.3 Å². The zero-order chi connectivity index (χ0) is 21.2. The Labute approximate surface area is 167 Å². The number of Topliss-reactive ketones (excluding diaryl/α,β-unsaturated/α-hetero) is 2. The summed E-state index contributed by atoms with van der Waals surface area (Å²) in [5.74, 6) is 1.86. The lowest BCUT2D eigenvalue weighted by atomic mass is 9.67. The van der Waals surface area contributed by atoms with E-state index in [9.17, 15) is 9.59 Å². The van der Waals surface area contributed by atoms with E-state index in [0.717, 1.165) is 43.3 Å². The van der Waals surface area contributed by atoms with Gasteiger partial charge in [0.05, 0.1) is 6.61 Å². The zero-order valence-corrected chi connectivity index (χ0v) is 18.6. The SMILES string of the molecule is C=C(C)CC1(C)CCCC(C)C1=O.C=C(C)CO.CC1CCCC(C)C1=O. The van der Waals surface area contributed by atoms with Crippen LogP contribution in [0.4, 0.5) is 0 Å². The van der Waals surface area contributed by atoms with E-state index in [4.69, 9.17) is 5.11 Å². The Morgan fingerprint density at radius 3 is 1.78 bits per heavy atom. The van der Waals surface area contributed by atoms with Gasteiger partial charge in [0.2, 0.25) is 0 Å². The zero-order valence-electron chi connectivity index (χ0n) is 18.6. The molecule has 0 radical (unpaired) electrons. The van der Waals surface area contributed by atoms with Crippen molar-refractivity contribution in [2.45, 2.75) is 86.5 Å². The molecule has 3 heteroatoms. The van der Waals surface area contributed by atoms with Crippen molar-refractivity contribution in [3.8, 4) is 0 Å².